The number of β-lactam (4-membered cyclic amide) rings is 1. The normalized spacial score (nSPS) is 31.6. The second kappa shape index (κ2) is 4.12. The van der Waals surface area contributed by atoms with Crippen LogP contribution < -0.4 is 0 Å². The van der Waals surface area contributed by atoms with Crippen molar-refractivity contribution in [3.8, 4) is 0 Å². The number of nitrogens with zero attached hydrogens (tertiary/aromatic N) is 2. The minimum Gasteiger partial charge on any atom is -0.477 e. The van der Waals surface area contributed by atoms with Gasteiger partial charge in [0.25, 0.3) is 5.91 Å². The van der Waals surface area contributed by atoms with E-state index >= 15 is 0 Å². The van der Waals surface area contributed by atoms with Crippen molar-refractivity contribution in [2.24, 2.45) is 0 Å². The topological polar surface area (TPSA) is 77.9 Å². The van der Waals surface area contributed by atoms with E-state index in [9.17, 15) is 14.4 Å². The van der Waals surface area contributed by atoms with Gasteiger partial charge in [0.15, 0.2) is 0 Å². The smallest absolute Gasteiger partial charge is 0.353 e. The quantitative estimate of drug-likeness (QED) is 0.584. The molecule has 2 atom stereocenters. The van der Waals surface area contributed by atoms with Gasteiger partial charge in [0.2, 0.25) is 5.91 Å². The predicted molar refractivity (Wildman–Crippen MR) is 67.8 cm³/mol. The van der Waals surface area contributed by atoms with Gasteiger partial charge in [-0.2, -0.15) is 0 Å². The van der Waals surface area contributed by atoms with Gasteiger partial charge in [-0.15, -0.1) is 11.8 Å². The highest BCUT2D eigenvalue weighted by Crippen LogP contribution is 2.44. The molecule has 2 amide bonds. The molecule has 6 nitrogen and oxygen atoms in total. The Kier molecular flexibility index (Phi) is 2.67. The van der Waals surface area contributed by atoms with Crippen molar-refractivity contribution in [3.05, 3.63) is 22.8 Å². The van der Waals surface area contributed by atoms with Gasteiger partial charge in [-0.3, -0.25) is 14.5 Å². The summed E-state index contributed by atoms with van der Waals surface area (Å²) < 4.78 is 0. The Labute approximate surface area is 113 Å². The number of hydrogen-bond acceptors (Lipinski definition) is 4. The lowest BCUT2D eigenvalue weighted by atomic mass is 10.0. The minimum absolute atomic E-state index is 0.0352. The number of hydrogen-bond donors (Lipinski definition) is 1. The standard InChI is InChI=1S/C12H12N2O4S/c1-13-6(2-3-9(13)15)4-7-10(16)14-8(12(17)18)5-19-11(7)14/h4-6,11H,2-3H2,1H3,(H,17,18)/b7-4-/t6?,11-/m0/s1. The molecule has 0 radical (unpaired) electrons. The summed E-state index contributed by atoms with van der Waals surface area (Å²) in [6.45, 7) is 0. The molecule has 1 unspecified atom stereocenters. The van der Waals surface area contributed by atoms with E-state index in [4.69, 9.17) is 5.11 Å². The summed E-state index contributed by atoms with van der Waals surface area (Å²) in [5, 5.41) is 10.2. The molecule has 1 N–H and O–H groups in total. The Hall–Kier alpha value is -1.76. The van der Waals surface area contributed by atoms with Crippen molar-refractivity contribution < 1.29 is 19.5 Å². The van der Waals surface area contributed by atoms with Crippen molar-refractivity contribution in [2.45, 2.75) is 24.3 Å². The largest absolute Gasteiger partial charge is 0.477 e. The third-order valence-electron chi connectivity index (χ3n) is 3.67. The van der Waals surface area contributed by atoms with Crippen LogP contribution in [0.3, 0.4) is 0 Å². The molecule has 3 aliphatic heterocycles. The minimum atomic E-state index is -1.09. The van der Waals surface area contributed by atoms with Gasteiger partial charge in [-0.25, -0.2) is 4.79 Å². The molecule has 0 aromatic carbocycles. The number of carbonyl (C=O) groups is 3. The molecule has 3 heterocycles. The highest BCUT2D eigenvalue weighted by molar-refractivity contribution is 8.03. The first-order chi connectivity index (χ1) is 9.00. The Bertz CT molecular complexity index is 554. The van der Waals surface area contributed by atoms with Crippen LogP contribution in [0.1, 0.15) is 12.8 Å². The van der Waals surface area contributed by atoms with Crippen molar-refractivity contribution in [1.29, 1.82) is 0 Å². The molecule has 3 rings (SSSR count). The third-order valence-corrected chi connectivity index (χ3v) is 4.75. The van der Waals surface area contributed by atoms with Gasteiger partial charge in [-0.05, 0) is 6.42 Å². The molecule has 0 spiro atoms. The van der Waals surface area contributed by atoms with Crippen LogP contribution in [0.25, 0.3) is 0 Å². The van der Waals surface area contributed by atoms with Crippen LogP contribution in [0.5, 0.6) is 0 Å². The van der Waals surface area contributed by atoms with E-state index in [0.717, 1.165) is 0 Å². The summed E-state index contributed by atoms with van der Waals surface area (Å²) in [5.74, 6) is -1.28. The number of carboxylic acid groups (broad SMARTS) is 1. The number of fused-ring (bicyclic) bond motifs is 1. The molecule has 7 heteroatoms. The number of likely N-dealkylation sites (tertiary alicyclic amines) is 1. The molecular weight excluding hydrogens is 268 g/mol. The maximum Gasteiger partial charge on any atom is 0.353 e. The maximum atomic E-state index is 12.0. The van der Waals surface area contributed by atoms with E-state index in [1.165, 1.54) is 22.1 Å². The van der Waals surface area contributed by atoms with Gasteiger partial charge >= 0.3 is 5.97 Å². The summed E-state index contributed by atoms with van der Waals surface area (Å²) in [5.41, 5.74) is 0.636. The van der Waals surface area contributed by atoms with Gasteiger partial charge in [-0.1, -0.05) is 6.08 Å². The Morgan fingerprint density at radius 3 is 2.84 bits per heavy atom. The summed E-state index contributed by atoms with van der Waals surface area (Å²) in [6, 6.07) is -0.0527. The van der Waals surface area contributed by atoms with Crippen LogP contribution in [0.4, 0.5) is 0 Å². The van der Waals surface area contributed by atoms with E-state index in [2.05, 4.69) is 0 Å². The first-order valence-corrected chi connectivity index (χ1v) is 6.85. The fourth-order valence-electron chi connectivity index (χ4n) is 2.52. The molecule has 19 heavy (non-hydrogen) atoms. The van der Waals surface area contributed by atoms with Crippen LogP contribution in [-0.2, 0) is 14.4 Å². The molecule has 2 saturated heterocycles. The second-order valence-corrected chi connectivity index (χ2v) is 5.66. The zero-order chi connectivity index (χ0) is 13.7. The molecule has 0 aromatic heterocycles. The average Bonchev–Trinajstić information content (AvgIpc) is 2.90. The molecule has 0 aromatic rings. The Balaban J connectivity index is 1.79. The van der Waals surface area contributed by atoms with Gasteiger partial charge in [0.1, 0.15) is 11.1 Å². The maximum absolute atomic E-state index is 12.0. The number of carboxylic acids is 1. The molecule has 2 fully saturated rings. The molecule has 0 saturated carbocycles. The molecule has 0 bridgehead atoms. The second-order valence-electron chi connectivity index (χ2n) is 4.70. The van der Waals surface area contributed by atoms with Crippen molar-refractivity contribution in [1.82, 2.24) is 9.80 Å². The van der Waals surface area contributed by atoms with Crippen LogP contribution in [0.15, 0.2) is 22.8 Å². The Morgan fingerprint density at radius 2 is 2.26 bits per heavy atom. The molecule has 3 aliphatic rings. The lowest BCUT2D eigenvalue weighted by Crippen LogP contribution is -2.51. The highest BCUT2D eigenvalue weighted by atomic mass is 32.2. The fraction of sp³-hybridized carbons (Fsp3) is 0.417. The number of aliphatic carboxylic acids is 1. The highest BCUT2D eigenvalue weighted by Gasteiger charge is 2.50. The zero-order valence-corrected chi connectivity index (χ0v) is 11.0. The summed E-state index contributed by atoms with van der Waals surface area (Å²) in [4.78, 5) is 37.3. The fourth-order valence-corrected chi connectivity index (χ4v) is 3.64. The van der Waals surface area contributed by atoms with Gasteiger partial charge in [0, 0.05) is 24.4 Å². The first kappa shape index (κ1) is 12.3. The van der Waals surface area contributed by atoms with E-state index in [1.54, 1.807) is 18.0 Å². The predicted octanol–water partition coefficient (Wildman–Crippen LogP) is 0.375. The molecule has 0 aliphatic carbocycles. The number of amides is 2. The van der Waals surface area contributed by atoms with Crippen LogP contribution >= 0.6 is 11.8 Å². The van der Waals surface area contributed by atoms with Gasteiger partial charge < -0.3 is 10.0 Å². The number of rotatable bonds is 2. The summed E-state index contributed by atoms with van der Waals surface area (Å²) in [6.07, 6.45) is 3.02. The van der Waals surface area contributed by atoms with Crippen molar-refractivity contribution in [3.63, 3.8) is 0 Å². The van der Waals surface area contributed by atoms with E-state index in [-0.39, 0.29) is 28.9 Å². The molecule has 100 valence electrons. The van der Waals surface area contributed by atoms with Crippen LogP contribution in [-0.4, -0.2) is 51.2 Å². The first-order valence-electron chi connectivity index (χ1n) is 5.90. The van der Waals surface area contributed by atoms with Gasteiger partial charge in [0.05, 0.1) is 6.04 Å². The lowest BCUT2D eigenvalue weighted by molar-refractivity contribution is -0.141. The van der Waals surface area contributed by atoms with Crippen molar-refractivity contribution >= 4 is 29.5 Å². The third kappa shape index (κ3) is 1.68. The van der Waals surface area contributed by atoms with E-state index in [0.29, 0.717) is 18.4 Å². The Morgan fingerprint density at radius 1 is 1.53 bits per heavy atom. The van der Waals surface area contributed by atoms with Crippen LogP contribution in [0.2, 0.25) is 0 Å². The number of thioether (sulfide) groups is 1. The monoisotopic (exact) mass is 280 g/mol. The van der Waals surface area contributed by atoms with E-state index in [1.807, 2.05) is 0 Å². The average molecular weight is 280 g/mol. The SMILES string of the molecule is CN1C(=O)CCC1/C=C1/C(=O)N2C(C(=O)O)=CS[C@@H]12. The zero-order valence-electron chi connectivity index (χ0n) is 10.2. The van der Waals surface area contributed by atoms with E-state index < -0.39 is 5.97 Å². The lowest BCUT2D eigenvalue weighted by Gasteiger charge is -2.38. The summed E-state index contributed by atoms with van der Waals surface area (Å²) in [7, 11) is 1.72. The van der Waals surface area contributed by atoms with Crippen LogP contribution in [0, 0.1) is 0 Å². The summed E-state index contributed by atoms with van der Waals surface area (Å²) >= 11 is 1.32. The number of likely N-dealkylation sites (N-methyl/N-ethyl adjacent to an activating group) is 1. The number of carbonyl (C=O) groups excluding carboxylic acids is 2. The molecular formula is C12H12N2O4S. The van der Waals surface area contributed by atoms with Crippen molar-refractivity contribution in [2.75, 3.05) is 7.05 Å².